The Balaban J connectivity index is 1.54. The van der Waals surface area contributed by atoms with Gasteiger partial charge in [0.25, 0.3) is 0 Å². The molecule has 1 heterocycles. The lowest BCUT2D eigenvalue weighted by Crippen LogP contribution is -2.27. The van der Waals surface area contributed by atoms with Crippen molar-refractivity contribution in [2.24, 2.45) is 5.92 Å². The molecule has 2 atom stereocenters. The Morgan fingerprint density at radius 1 is 1.28 bits per heavy atom. The van der Waals surface area contributed by atoms with E-state index in [4.69, 9.17) is 4.74 Å². The normalized spacial score (nSPS) is 16.4. The first-order chi connectivity index (χ1) is 13.9. The smallest absolute Gasteiger partial charge is 0.186 e. The van der Waals surface area contributed by atoms with E-state index in [0.717, 1.165) is 45.9 Å². The Morgan fingerprint density at radius 2 is 2.07 bits per heavy atom. The summed E-state index contributed by atoms with van der Waals surface area (Å²) in [5.41, 5.74) is 4.39. The van der Waals surface area contributed by atoms with Crippen LogP contribution in [0.25, 0.3) is 5.70 Å². The first-order valence-electron chi connectivity index (χ1n) is 9.97. The second-order valence-electron chi connectivity index (χ2n) is 7.64. The summed E-state index contributed by atoms with van der Waals surface area (Å²) in [5.74, 6) is 0.704. The largest absolute Gasteiger partial charge is 0.439 e. The number of ether oxygens (including phenoxy) is 1. The number of nitrogens with one attached hydrogen (secondary N) is 1. The van der Waals surface area contributed by atoms with Gasteiger partial charge in [-0.25, -0.2) is 4.39 Å². The molecule has 1 N–H and O–H groups in total. The van der Waals surface area contributed by atoms with Crippen LogP contribution in [0.1, 0.15) is 23.1 Å². The van der Waals surface area contributed by atoms with Crippen molar-refractivity contribution < 1.29 is 9.13 Å². The molecule has 1 aliphatic rings. The van der Waals surface area contributed by atoms with Crippen molar-refractivity contribution in [1.29, 1.82) is 0 Å². The molecular formula is C24H30FN2OP. The fourth-order valence-corrected chi connectivity index (χ4v) is 4.43. The fourth-order valence-electron chi connectivity index (χ4n) is 3.69. The van der Waals surface area contributed by atoms with Crippen molar-refractivity contribution in [3.05, 3.63) is 77.9 Å². The van der Waals surface area contributed by atoms with Gasteiger partial charge in [0.1, 0.15) is 0 Å². The number of aryl methyl sites for hydroxylation is 2. The molecule has 154 valence electrons. The zero-order valence-corrected chi connectivity index (χ0v) is 18.5. The molecule has 0 saturated carbocycles. The highest BCUT2D eigenvalue weighted by Gasteiger charge is 2.25. The van der Waals surface area contributed by atoms with Crippen LogP contribution in [0.4, 0.5) is 4.39 Å². The molecule has 1 saturated heterocycles. The maximum absolute atomic E-state index is 13.9. The fraction of sp³-hybridized carbons (Fsp3) is 0.333. The second-order valence-corrected chi connectivity index (χ2v) is 8.68. The summed E-state index contributed by atoms with van der Waals surface area (Å²) in [4.78, 5) is 2.37. The van der Waals surface area contributed by atoms with E-state index in [-0.39, 0.29) is 11.6 Å². The minimum absolute atomic E-state index is 0.235. The van der Waals surface area contributed by atoms with Crippen LogP contribution in [0.5, 0.6) is 5.75 Å². The first kappa shape index (κ1) is 21.4. The van der Waals surface area contributed by atoms with Crippen LogP contribution in [-0.2, 0) is 0 Å². The average Bonchev–Trinajstić information content (AvgIpc) is 3.18. The predicted molar refractivity (Wildman–Crippen MR) is 123 cm³/mol. The van der Waals surface area contributed by atoms with Gasteiger partial charge >= 0.3 is 0 Å². The molecular weight excluding hydrogens is 382 g/mol. The zero-order valence-electron chi connectivity index (χ0n) is 17.5. The molecule has 3 nitrogen and oxygen atoms in total. The predicted octanol–water partition coefficient (Wildman–Crippen LogP) is 4.81. The number of halogens is 1. The summed E-state index contributed by atoms with van der Waals surface area (Å²) in [6.07, 6.45) is 1.08. The van der Waals surface area contributed by atoms with E-state index in [0.29, 0.717) is 11.8 Å². The molecule has 0 spiro atoms. The Hall–Kier alpha value is -2.32. The molecule has 0 amide bonds. The van der Waals surface area contributed by atoms with E-state index in [9.17, 15) is 4.39 Å². The summed E-state index contributed by atoms with van der Waals surface area (Å²) in [6.45, 7) is 17.1. The van der Waals surface area contributed by atoms with Gasteiger partial charge in [0, 0.05) is 30.9 Å². The third-order valence-electron chi connectivity index (χ3n) is 5.40. The minimum atomic E-state index is -0.373. The van der Waals surface area contributed by atoms with Crippen molar-refractivity contribution in [2.75, 3.05) is 26.3 Å². The average molecular weight is 412 g/mol. The summed E-state index contributed by atoms with van der Waals surface area (Å²) in [7, 11) is 0.750. The van der Waals surface area contributed by atoms with Crippen LogP contribution in [0.15, 0.2) is 55.4 Å². The van der Waals surface area contributed by atoms with Gasteiger partial charge in [0.15, 0.2) is 17.4 Å². The number of likely N-dealkylation sites (tertiary alicyclic amines) is 1. The Labute approximate surface area is 175 Å². The quantitative estimate of drug-likeness (QED) is 0.498. The van der Waals surface area contributed by atoms with Gasteiger partial charge in [0.2, 0.25) is 0 Å². The van der Waals surface area contributed by atoms with E-state index < -0.39 is 0 Å². The Kier molecular flexibility index (Phi) is 6.97. The van der Waals surface area contributed by atoms with Crippen molar-refractivity contribution >= 4 is 19.6 Å². The van der Waals surface area contributed by atoms with Crippen LogP contribution in [0.3, 0.4) is 0 Å². The van der Waals surface area contributed by atoms with Gasteiger partial charge in [-0.05, 0) is 62.4 Å². The lowest BCUT2D eigenvalue weighted by molar-refractivity contribution is 0.345. The van der Waals surface area contributed by atoms with Crippen molar-refractivity contribution in [3.63, 3.8) is 0 Å². The Morgan fingerprint density at radius 3 is 2.79 bits per heavy atom. The molecule has 1 unspecified atom stereocenters. The summed E-state index contributed by atoms with van der Waals surface area (Å²) >= 11 is 0. The van der Waals surface area contributed by atoms with E-state index in [1.807, 2.05) is 13.0 Å². The lowest BCUT2D eigenvalue weighted by atomic mass is 10.1. The number of benzene rings is 2. The van der Waals surface area contributed by atoms with E-state index in [1.165, 1.54) is 22.5 Å². The van der Waals surface area contributed by atoms with Crippen LogP contribution in [-0.4, -0.2) is 31.2 Å². The highest BCUT2D eigenvalue weighted by atomic mass is 31.1. The molecule has 1 fully saturated rings. The van der Waals surface area contributed by atoms with E-state index in [1.54, 1.807) is 6.07 Å². The van der Waals surface area contributed by atoms with Gasteiger partial charge in [-0.3, -0.25) is 0 Å². The van der Waals surface area contributed by atoms with Crippen LogP contribution >= 0.6 is 8.58 Å². The van der Waals surface area contributed by atoms with Crippen LogP contribution in [0.2, 0.25) is 0 Å². The maximum atomic E-state index is 13.9. The second kappa shape index (κ2) is 9.45. The van der Waals surface area contributed by atoms with Crippen molar-refractivity contribution in [2.45, 2.75) is 20.3 Å². The highest BCUT2D eigenvalue weighted by molar-refractivity contribution is 7.46. The van der Waals surface area contributed by atoms with E-state index in [2.05, 4.69) is 55.2 Å². The molecule has 2 aromatic rings. The van der Waals surface area contributed by atoms with Crippen molar-refractivity contribution in [1.82, 2.24) is 10.2 Å². The third-order valence-corrected chi connectivity index (χ3v) is 6.37. The van der Waals surface area contributed by atoms with Crippen LogP contribution in [0, 0.1) is 25.6 Å². The topological polar surface area (TPSA) is 24.5 Å². The van der Waals surface area contributed by atoms with Crippen molar-refractivity contribution in [3.8, 4) is 5.75 Å². The highest BCUT2D eigenvalue weighted by Crippen LogP contribution is 2.28. The van der Waals surface area contributed by atoms with Crippen LogP contribution < -0.4 is 15.4 Å². The SMILES string of the molecule is C=C(NC[C@@H]1CCN(C(=C)c2cc(C)ccc2PC)C1)Oc1c(C)cccc1F. The minimum Gasteiger partial charge on any atom is -0.439 e. The molecule has 0 aromatic heterocycles. The molecule has 0 radical (unpaired) electrons. The van der Waals surface area contributed by atoms with E-state index >= 15 is 0 Å². The third kappa shape index (κ3) is 5.19. The first-order valence-corrected chi connectivity index (χ1v) is 11.5. The van der Waals surface area contributed by atoms with Gasteiger partial charge in [-0.15, -0.1) is 0 Å². The monoisotopic (exact) mass is 412 g/mol. The lowest BCUT2D eigenvalue weighted by Gasteiger charge is -2.24. The summed E-state index contributed by atoms with van der Waals surface area (Å²) in [5, 5.41) is 4.59. The molecule has 5 heteroatoms. The molecule has 2 aromatic carbocycles. The zero-order chi connectivity index (χ0) is 21.0. The molecule has 0 aliphatic carbocycles. The number of rotatable bonds is 8. The summed E-state index contributed by atoms with van der Waals surface area (Å²) < 4.78 is 19.5. The summed E-state index contributed by atoms with van der Waals surface area (Å²) in [6, 6.07) is 11.5. The number of hydrogen-bond donors (Lipinski definition) is 1. The maximum Gasteiger partial charge on any atom is 0.186 e. The number of hydrogen-bond acceptors (Lipinski definition) is 3. The van der Waals surface area contributed by atoms with Gasteiger partial charge < -0.3 is 15.0 Å². The van der Waals surface area contributed by atoms with Gasteiger partial charge in [0.05, 0.1) is 0 Å². The molecule has 3 rings (SSSR count). The Bertz CT molecular complexity index is 891. The number of nitrogens with zero attached hydrogens (tertiary/aromatic N) is 1. The molecule has 0 bridgehead atoms. The molecule has 29 heavy (non-hydrogen) atoms. The van der Waals surface area contributed by atoms with Gasteiger partial charge in [-0.1, -0.05) is 45.0 Å². The number of para-hydroxylation sites is 1. The molecule has 1 aliphatic heterocycles. The standard InChI is InChI=1S/C24H30FN2OP/c1-16-9-10-23(29-5)21(13-16)18(3)27-12-11-20(15-27)14-26-19(4)28-24-17(2)7-6-8-22(24)25/h6-10,13,20,26,29H,3-4,11-12,14-15H2,1-2,5H3/t20-/m0/s1. The van der Waals surface area contributed by atoms with Gasteiger partial charge in [-0.2, -0.15) is 0 Å².